The molecule has 1 aromatic rings. The van der Waals surface area contributed by atoms with Gasteiger partial charge in [-0.3, -0.25) is 0 Å². The van der Waals surface area contributed by atoms with E-state index in [-0.39, 0.29) is 11.8 Å². The monoisotopic (exact) mass is 259 g/mol. The summed E-state index contributed by atoms with van der Waals surface area (Å²) < 4.78 is 34.0. The second kappa shape index (κ2) is 8.00. The van der Waals surface area contributed by atoms with Gasteiger partial charge in [0, 0.05) is 25.3 Å². The Morgan fingerprint density at radius 3 is 2.67 bits per heavy atom. The van der Waals surface area contributed by atoms with Crippen LogP contribution in [0, 0.1) is 0 Å². The molecular weight excluding hydrogens is 240 g/mol. The third-order valence-corrected chi connectivity index (χ3v) is 2.58. The lowest BCUT2D eigenvalue weighted by molar-refractivity contribution is -0.0506. The largest absolute Gasteiger partial charge is 0.434 e. The van der Waals surface area contributed by atoms with Crippen LogP contribution >= 0.6 is 0 Å². The van der Waals surface area contributed by atoms with Gasteiger partial charge in [0.05, 0.1) is 0 Å². The number of benzene rings is 1. The highest BCUT2D eigenvalue weighted by molar-refractivity contribution is 5.35. The minimum Gasteiger partial charge on any atom is -0.434 e. The Morgan fingerprint density at radius 2 is 2.00 bits per heavy atom. The topological polar surface area (TPSA) is 30.5 Å². The van der Waals surface area contributed by atoms with E-state index < -0.39 is 6.61 Å². The van der Waals surface area contributed by atoms with Crippen molar-refractivity contribution in [3.05, 3.63) is 29.8 Å². The second-order valence-corrected chi connectivity index (χ2v) is 3.94. The van der Waals surface area contributed by atoms with Crippen molar-refractivity contribution in [2.75, 3.05) is 20.3 Å². The normalized spacial score (nSPS) is 12.7. The third kappa shape index (κ3) is 4.98. The van der Waals surface area contributed by atoms with Crippen LogP contribution in [0.1, 0.15) is 24.9 Å². The minimum atomic E-state index is -2.80. The molecule has 0 bridgehead atoms. The van der Waals surface area contributed by atoms with Crippen LogP contribution in [0.15, 0.2) is 24.3 Å². The molecule has 0 aliphatic carbocycles. The van der Waals surface area contributed by atoms with Crippen LogP contribution in [-0.4, -0.2) is 26.9 Å². The molecule has 18 heavy (non-hydrogen) atoms. The van der Waals surface area contributed by atoms with Gasteiger partial charge in [-0.25, -0.2) is 0 Å². The van der Waals surface area contributed by atoms with Crippen LogP contribution < -0.4 is 10.1 Å². The molecule has 0 aromatic heterocycles. The Morgan fingerprint density at radius 1 is 1.28 bits per heavy atom. The van der Waals surface area contributed by atoms with Gasteiger partial charge < -0.3 is 14.8 Å². The molecule has 102 valence electrons. The van der Waals surface area contributed by atoms with Gasteiger partial charge in [-0.2, -0.15) is 8.78 Å². The van der Waals surface area contributed by atoms with Crippen molar-refractivity contribution in [1.82, 2.24) is 5.32 Å². The molecule has 0 amide bonds. The molecule has 1 unspecified atom stereocenters. The third-order valence-electron chi connectivity index (χ3n) is 2.58. The van der Waals surface area contributed by atoms with E-state index in [4.69, 9.17) is 4.74 Å². The minimum absolute atomic E-state index is 0.0446. The molecule has 1 N–H and O–H groups in total. The van der Waals surface area contributed by atoms with Crippen LogP contribution in [0.3, 0.4) is 0 Å². The Labute approximate surface area is 106 Å². The maximum atomic E-state index is 12.3. The number of alkyl halides is 2. The van der Waals surface area contributed by atoms with Crippen molar-refractivity contribution in [1.29, 1.82) is 0 Å². The van der Waals surface area contributed by atoms with Crippen molar-refractivity contribution in [3.63, 3.8) is 0 Å². The molecule has 3 nitrogen and oxygen atoms in total. The van der Waals surface area contributed by atoms with Gasteiger partial charge >= 0.3 is 6.61 Å². The van der Waals surface area contributed by atoms with Crippen molar-refractivity contribution in [3.8, 4) is 5.75 Å². The molecule has 1 aromatic carbocycles. The van der Waals surface area contributed by atoms with E-state index in [0.717, 1.165) is 18.5 Å². The lowest BCUT2D eigenvalue weighted by Crippen LogP contribution is -2.21. The predicted octanol–water partition coefficient (Wildman–Crippen LogP) is 2.98. The summed E-state index contributed by atoms with van der Waals surface area (Å²) in [5, 5.41) is 3.24. The van der Waals surface area contributed by atoms with Gasteiger partial charge in [-0.15, -0.1) is 0 Å². The fourth-order valence-electron chi connectivity index (χ4n) is 1.69. The van der Waals surface area contributed by atoms with Crippen LogP contribution in [-0.2, 0) is 4.74 Å². The number of hydrogen-bond acceptors (Lipinski definition) is 3. The molecule has 5 heteroatoms. The maximum Gasteiger partial charge on any atom is 0.387 e. The van der Waals surface area contributed by atoms with Crippen molar-refractivity contribution in [2.24, 2.45) is 0 Å². The average Bonchev–Trinajstić information content (AvgIpc) is 2.34. The molecule has 0 aliphatic rings. The first kappa shape index (κ1) is 14.9. The summed E-state index contributed by atoms with van der Waals surface area (Å²) in [6.45, 7) is 0.555. The number of para-hydroxylation sites is 1. The van der Waals surface area contributed by atoms with E-state index in [2.05, 4.69) is 10.1 Å². The van der Waals surface area contributed by atoms with E-state index in [9.17, 15) is 8.78 Å². The first-order chi connectivity index (χ1) is 8.65. The van der Waals surface area contributed by atoms with Gasteiger partial charge in [-0.1, -0.05) is 18.2 Å². The SMILES string of the molecule is COCCCNC(C)c1ccccc1OC(F)F. The van der Waals surface area contributed by atoms with Crippen molar-refractivity contribution < 1.29 is 18.3 Å². The maximum absolute atomic E-state index is 12.3. The molecular formula is C13H19F2NO2. The summed E-state index contributed by atoms with van der Waals surface area (Å²) in [7, 11) is 1.65. The Kier molecular flexibility index (Phi) is 6.60. The summed E-state index contributed by atoms with van der Waals surface area (Å²) in [6, 6.07) is 6.78. The number of halogens is 2. The summed E-state index contributed by atoms with van der Waals surface area (Å²) in [6.07, 6.45) is 0.874. The zero-order chi connectivity index (χ0) is 13.4. The Balaban J connectivity index is 2.57. The smallest absolute Gasteiger partial charge is 0.387 e. The van der Waals surface area contributed by atoms with Gasteiger partial charge in [0.2, 0.25) is 0 Å². The molecule has 1 atom stereocenters. The lowest BCUT2D eigenvalue weighted by Gasteiger charge is -2.17. The molecule has 1 rings (SSSR count). The van der Waals surface area contributed by atoms with E-state index in [1.807, 2.05) is 6.92 Å². The fraction of sp³-hybridized carbons (Fsp3) is 0.538. The number of nitrogens with one attached hydrogen (secondary N) is 1. The van der Waals surface area contributed by atoms with Crippen LogP contribution in [0.5, 0.6) is 5.75 Å². The number of hydrogen-bond donors (Lipinski definition) is 1. The van der Waals surface area contributed by atoms with Crippen molar-refractivity contribution >= 4 is 0 Å². The number of ether oxygens (including phenoxy) is 2. The number of rotatable bonds is 8. The van der Waals surface area contributed by atoms with Gasteiger partial charge in [0.25, 0.3) is 0 Å². The molecule has 0 aliphatic heterocycles. The van der Waals surface area contributed by atoms with E-state index in [1.165, 1.54) is 0 Å². The highest BCUT2D eigenvalue weighted by atomic mass is 19.3. The quantitative estimate of drug-likeness (QED) is 0.728. The van der Waals surface area contributed by atoms with Crippen LogP contribution in [0.25, 0.3) is 0 Å². The Hall–Kier alpha value is -1.20. The highest BCUT2D eigenvalue weighted by Gasteiger charge is 2.13. The molecule has 0 fully saturated rings. The van der Waals surface area contributed by atoms with Crippen molar-refractivity contribution in [2.45, 2.75) is 26.0 Å². The van der Waals surface area contributed by atoms with Crippen LogP contribution in [0.2, 0.25) is 0 Å². The first-order valence-corrected chi connectivity index (χ1v) is 5.91. The molecule has 0 saturated carbocycles. The molecule has 0 heterocycles. The summed E-state index contributed by atoms with van der Waals surface area (Å²) in [4.78, 5) is 0. The lowest BCUT2D eigenvalue weighted by atomic mass is 10.1. The average molecular weight is 259 g/mol. The van der Waals surface area contributed by atoms with E-state index >= 15 is 0 Å². The van der Waals surface area contributed by atoms with Gasteiger partial charge in [-0.05, 0) is 26.0 Å². The van der Waals surface area contributed by atoms with E-state index in [0.29, 0.717) is 6.61 Å². The second-order valence-electron chi connectivity index (χ2n) is 3.94. The zero-order valence-electron chi connectivity index (χ0n) is 10.7. The summed E-state index contributed by atoms with van der Waals surface area (Å²) >= 11 is 0. The predicted molar refractivity (Wildman–Crippen MR) is 66.0 cm³/mol. The van der Waals surface area contributed by atoms with Gasteiger partial charge in [0.15, 0.2) is 0 Å². The number of methoxy groups -OCH3 is 1. The fourth-order valence-corrected chi connectivity index (χ4v) is 1.69. The van der Waals surface area contributed by atoms with Gasteiger partial charge in [0.1, 0.15) is 5.75 Å². The highest BCUT2D eigenvalue weighted by Crippen LogP contribution is 2.26. The molecule has 0 saturated heterocycles. The molecule has 0 radical (unpaired) electrons. The molecule has 0 spiro atoms. The van der Waals surface area contributed by atoms with Crippen LogP contribution in [0.4, 0.5) is 8.78 Å². The first-order valence-electron chi connectivity index (χ1n) is 5.91. The van der Waals surface area contributed by atoms with E-state index in [1.54, 1.807) is 31.4 Å². The zero-order valence-corrected chi connectivity index (χ0v) is 10.7. The standard InChI is InChI=1S/C13H19F2NO2/c1-10(16-8-5-9-17-2)11-6-3-4-7-12(11)18-13(14)15/h3-4,6-7,10,13,16H,5,8-9H2,1-2H3. The Bertz CT molecular complexity index is 348. The summed E-state index contributed by atoms with van der Waals surface area (Å²) in [5.74, 6) is 0.222. The summed E-state index contributed by atoms with van der Waals surface area (Å²) in [5.41, 5.74) is 0.732.